The smallest absolute Gasteiger partial charge is 0.231 e. The van der Waals surface area contributed by atoms with Crippen LogP contribution in [0.2, 0.25) is 0 Å². The first-order chi connectivity index (χ1) is 13.2. The van der Waals surface area contributed by atoms with Crippen molar-refractivity contribution in [2.24, 2.45) is 0 Å². The summed E-state index contributed by atoms with van der Waals surface area (Å²) in [5, 5.41) is 9.50. The second kappa shape index (κ2) is 8.25. The maximum atomic E-state index is 14.0. The number of halogens is 1. The van der Waals surface area contributed by atoms with E-state index in [4.69, 9.17) is 9.47 Å². The summed E-state index contributed by atoms with van der Waals surface area (Å²) in [4.78, 5) is 4.65. The van der Waals surface area contributed by atoms with Gasteiger partial charge in [0.1, 0.15) is 5.82 Å². The van der Waals surface area contributed by atoms with Gasteiger partial charge in [-0.3, -0.25) is 9.80 Å². The lowest BCUT2D eigenvalue weighted by molar-refractivity contribution is 0.0488. The molecule has 2 aromatic carbocycles. The van der Waals surface area contributed by atoms with Crippen LogP contribution in [0.4, 0.5) is 4.39 Å². The Labute approximate surface area is 158 Å². The first-order valence-electron chi connectivity index (χ1n) is 9.43. The number of hydrogen-bond acceptors (Lipinski definition) is 5. The van der Waals surface area contributed by atoms with Crippen LogP contribution in [0.15, 0.2) is 42.5 Å². The number of nitrogens with zero attached hydrogens (tertiary/aromatic N) is 2. The summed E-state index contributed by atoms with van der Waals surface area (Å²) in [6, 6.07) is 13.1. The van der Waals surface area contributed by atoms with Gasteiger partial charge in [-0.15, -0.1) is 0 Å². The second-order valence-corrected chi connectivity index (χ2v) is 7.11. The zero-order valence-corrected chi connectivity index (χ0v) is 15.3. The number of hydrogen-bond donors (Lipinski definition) is 1. The summed E-state index contributed by atoms with van der Waals surface area (Å²) in [6.45, 7) is 4.32. The molecule has 144 valence electrons. The lowest BCUT2D eigenvalue weighted by atomic mass is 10.1. The molecule has 0 amide bonds. The number of fused-ring (bicyclic) bond motifs is 1. The topological polar surface area (TPSA) is 45.2 Å². The minimum Gasteiger partial charge on any atom is -0.454 e. The first kappa shape index (κ1) is 18.2. The van der Waals surface area contributed by atoms with E-state index in [1.54, 1.807) is 6.07 Å². The highest BCUT2D eigenvalue weighted by Gasteiger charge is 2.28. The van der Waals surface area contributed by atoms with Crippen molar-refractivity contribution in [3.05, 3.63) is 59.4 Å². The summed E-state index contributed by atoms with van der Waals surface area (Å²) < 4.78 is 25.1. The van der Waals surface area contributed by atoms with Crippen LogP contribution in [-0.2, 0) is 13.1 Å². The van der Waals surface area contributed by atoms with Gasteiger partial charge in [0, 0.05) is 56.5 Å². The predicted octanol–water partition coefficient (Wildman–Crippen LogP) is 2.62. The SMILES string of the molecule is OCC[C@@H]1CN(Cc2cccc3c2OCO3)CCN1Cc1ccccc1F. The Bertz CT molecular complexity index is 786. The average Bonchev–Trinajstić information content (AvgIpc) is 3.16. The molecule has 2 aromatic rings. The quantitative estimate of drug-likeness (QED) is 0.845. The minimum absolute atomic E-state index is 0.129. The number of aliphatic hydroxyl groups is 1. The molecule has 6 heteroatoms. The summed E-state index contributed by atoms with van der Waals surface area (Å²) in [5.74, 6) is 1.47. The maximum Gasteiger partial charge on any atom is 0.231 e. The Kier molecular flexibility index (Phi) is 5.57. The van der Waals surface area contributed by atoms with E-state index in [0.29, 0.717) is 18.5 Å². The molecular formula is C21H25FN2O3. The summed E-state index contributed by atoms with van der Waals surface area (Å²) in [7, 11) is 0. The van der Waals surface area contributed by atoms with Crippen LogP contribution in [0.25, 0.3) is 0 Å². The van der Waals surface area contributed by atoms with Crippen molar-refractivity contribution >= 4 is 0 Å². The molecule has 0 unspecified atom stereocenters. The third kappa shape index (κ3) is 4.08. The highest BCUT2D eigenvalue weighted by Crippen LogP contribution is 2.36. The average molecular weight is 372 g/mol. The van der Waals surface area contributed by atoms with Crippen LogP contribution in [0.1, 0.15) is 17.5 Å². The molecule has 1 N–H and O–H groups in total. The van der Waals surface area contributed by atoms with Crippen molar-refractivity contribution in [3.63, 3.8) is 0 Å². The molecule has 0 spiro atoms. The monoisotopic (exact) mass is 372 g/mol. The highest BCUT2D eigenvalue weighted by atomic mass is 19.1. The number of rotatable bonds is 6. The van der Waals surface area contributed by atoms with Crippen LogP contribution in [0.3, 0.4) is 0 Å². The van der Waals surface area contributed by atoms with E-state index >= 15 is 0 Å². The van der Waals surface area contributed by atoms with E-state index in [9.17, 15) is 9.50 Å². The van der Waals surface area contributed by atoms with Crippen LogP contribution in [0.5, 0.6) is 11.5 Å². The highest BCUT2D eigenvalue weighted by molar-refractivity contribution is 5.48. The molecule has 4 rings (SSSR count). The number of piperazine rings is 1. The Hall–Kier alpha value is -2.15. The molecule has 27 heavy (non-hydrogen) atoms. The number of ether oxygens (including phenoxy) is 2. The van der Waals surface area contributed by atoms with Gasteiger partial charge in [0.05, 0.1) is 0 Å². The minimum atomic E-state index is -0.167. The molecule has 2 aliphatic heterocycles. The molecule has 2 heterocycles. The second-order valence-electron chi connectivity index (χ2n) is 7.11. The van der Waals surface area contributed by atoms with E-state index < -0.39 is 0 Å². The fourth-order valence-corrected chi connectivity index (χ4v) is 3.93. The third-order valence-electron chi connectivity index (χ3n) is 5.35. The Morgan fingerprint density at radius 2 is 1.85 bits per heavy atom. The van der Waals surface area contributed by atoms with E-state index in [1.165, 1.54) is 6.07 Å². The molecule has 1 saturated heterocycles. The fraction of sp³-hybridized carbons (Fsp3) is 0.429. The molecule has 1 atom stereocenters. The van der Waals surface area contributed by atoms with E-state index in [0.717, 1.165) is 43.2 Å². The van der Waals surface area contributed by atoms with Crippen molar-refractivity contribution in [1.82, 2.24) is 9.80 Å². The van der Waals surface area contributed by atoms with Crippen molar-refractivity contribution in [3.8, 4) is 11.5 Å². The summed E-state index contributed by atoms with van der Waals surface area (Å²) >= 11 is 0. The van der Waals surface area contributed by atoms with E-state index in [2.05, 4.69) is 15.9 Å². The molecule has 0 bridgehead atoms. The van der Waals surface area contributed by atoms with Crippen molar-refractivity contribution in [2.45, 2.75) is 25.6 Å². The van der Waals surface area contributed by atoms with Gasteiger partial charge in [0.15, 0.2) is 11.5 Å². The van der Waals surface area contributed by atoms with Crippen molar-refractivity contribution in [1.29, 1.82) is 0 Å². The van der Waals surface area contributed by atoms with Gasteiger partial charge in [0.25, 0.3) is 0 Å². The lowest BCUT2D eigenvalue weighted by Gasteiger charge is -2.41. The van der Waals surface area contributed by atoms with Crippen LogP contribution in [-0.4, -0.2) is 54.0 Å². The molecule has 0 aromatic heterocycles. The zero-order valence-electron chi connectivity index (χ0n) is 15.3. The van der Waals surface area contributed by atoms with E-state index in [1.807, 2.05) is 24.3 Å². The molecule has 1 fully saturated rings. The van der Waals surface area contributed by atoms with Crippen molar-refractivity contribution < 1.29 is 19.0 Å². The van der Waals surface area contributed by atoms with Crippen LogP contribution < -0.4 is 9.47 Å². The largest absolute Gasteiger partial charge is 0.454 e. The Morgan fingerprint density at radius 3 is 2.70 bits per heavy atom. The van der Waals surface area contributed by atoms with Crippen LogP contribution >= 0.6 is 0 Å². The number of benzene rings is 2. The van der Waals surface area contributed by atoms with Gasteiger partial charge in [0.2, 0.25) is 6.79 Å². The standard InChI is InChI=1S/C21H25FN2O3/c22-19-6-2-1-4-16(19)13-24-10-9-23(14-18(24)8-11-25)12-17-5-3-7-20-21(17)27-15-26-20/h1-7,18,25H,8-15H2/t18-/m1/s1. The third-order valence-corrected chi connectivity index (χ3v) is 5.35. The molecule has 0 radical (unpaired) electrons. The van der Waals surface area contributed by atoms with Crippen molar-refractivity contribution in [2.75, 3.05) is 33.0 Å². The Balaban J connectivity index is 1.43. The lowest BCUT2D eigenvalue weighted by Crippen LogP contribution is -2.52. The van der Waals surface area contributed by atoms with Gasteiger partial charge >= 0.3 is 0 Å². The van der Waals surface area contributed by atoms with Crippen LogP contribution in [0, 0.1) is 5.82 Å². The normalized spacial score (nSPS) is 20.1. The fourth-order valence-electron chi connectivity index (χ4n) is 3.93. The van der Waals surface area contributed by atoms with Gasteiger partial charge in [-0.2, -0.15) is 0 Å². The summed E-state index contributed by atoms with van der Waals surface area (Å²) in [6.07, 6.45) is 0.678. The molecule has 0 aliphatic carbocycles. The first-order valence-corrected chi connectivity index (χ1v) is 9.43. The zero-order chi connectivity index (χ0) is 18.6. The van der Waals surface area contributed by atoms with Gasteiger partial charge < -0.3 is 14.6 Å². The molecule has 0 saturated carbocycles. The molecule has 5 nitrogen and oxygen atoms in total. The summed E-state index contributed by atoms with van der Waals surface area (Å²) in [5.41, 5.74) is 1.83. The molecule has 2 aliphatic rings. The number of para-hydroxylation sites is 1. The predicted molar refractivity (Wildman–Crippen MR) is 100 cm³/mol. The maximum absolute atomic E-state index is 14.0. The van der Waals surface area contributed by atoms with Gasteiger partial charge in [-0.1, -0.05) is 30.3 Å². The Morgan fingerprint density at radius 1 is 1.00 bits per heavy atom. The number of aliphatic hydroxyl groups excluding tert-OH is 1. The van der Waals surface area contributed by atoms with E-state index in [-0.39, 0.29) is 25.3 Å². The van der Waals surface area contributed by atoms with Gasteiger partial charge in [-0.25, -0.2) is 4.39 Å². The van der Waals surface area contributed by atoms with Gasteiger partial charge in [-0.05, 0) is 18.6 Å². The molecular weight excluding hydrogens is 347 g/mol.